The number of halogens is 1. The van der Waals surface area contributed by atoms with Crippen LogP contribution >= 0.6 is 0 Å². The monoisotopic (exact) mass is 339 g/mol. The van der Waals surface area contributed by atoms with Crippen molar-refractivity contribution in [2.75, 3.05) is 7.11 Å². The van der Waals surface area contributed by atoms with Crippen LogP contribution in [0.2, 0.25) is 0 Å². The van der Waals surface area contributed by atoms with Gasteiger partial charge in [-0.1, -0.05) is 25.1 Å². The summed E-state index contributed by atoms with van der Waals surface area (Å²) in [6.45, 7) is 2.04. The van der Waals surface area contributed by atoms with Gasteiger partial charge in [-0.25, -0.2) is 14.2 Å². The van der Waals surface area contributed by atoms with Crippen LogP contribution < -0.4 is 4.74 Å². The first-order valence-corrected chi connectivity index (χ1v) is 8.02. The highest BCUT2D eigenvalue weighted by Gasteiger charge is 2.23. The molecule has 4 nitrogen and oxygen atoms in total. The highest BCUT2D eigenvalue weighted by atomic mass is 19.1. The molecule has 0 aromatic heterocycles. The Hall–Kier alpha value is -2.95. The number of hydrogen-bond donors (Lipinski definition) is 0. The lowest BCUT2D eigenvalue weighted by Gasteiger charge is -2.07. The summed E-state index contributed by atoms with van der Waals surface area (Å²) >= 11 is 0. The molecule has 1 aliphatic heterocycles. The number of rotatable bonds is 5. The van der Waals surface area contributed by atoms with E-state index in [0.29, 0.717) is 12.3 Å². The van der Waals surface area contributed by atoms with Gasteiger partial charge in [0.2, 0.25) is 5.90 Å². The van der Waals surface area contributed by atoms with Gasteiger partial charge in [-0.05, 0) is 53.5 Å². The fourth-order valence-corrected chi connectivity index (χ4v) is 2.63. The first kappa shape index (κ1) is 16.9. The normalized spacial score (nSPS) is 15.2. The van der Waals surface area contributed by atoms with Gasteiger partial charge in [-0.3, -0.25) is 0 Å². The van der Waals surface area contributed by atoms with Crippen LogP contribution in [0.25, 0.3) is 6.08 Å². The summed E-state index contributed by atoms with van der Waals surface area (Å²) < 4.78 is 23.5. The summed E-state index contributed by atoms with van der Waals surface area (Å²) in [5.74, 6) is 0.345. The van der Waals surface area contributed by atoms with Crippen LogP contribution in [0.5, 0.6) is 5.75 Å². The number of aryl methyl sites for hydroxylation is 1. The van der Waals surface area contributed by atoms with Crippen LogP contribution in [0.3, 0.4) is 0 Å². The molecule has 0 saturated carbocycles. The van der Waals surface area contributed by atoms with Crippen LogP contribution in [-0.4, -0.2) is 19.0 Å². The van der Waals surface area contributed by atoms with Gasteiger partial charge in [-0.15, -0.1) is 0 Å². The predicted molar refractivity (Wildman–Crippen MR) is 94.0 cm³/mol. The maximum absolute atomic E-state index is 12.9. The Bertz CT molecular complexity index is 854. The molecule has 0 fully saturated rings. The van der Waals surface area contributed by atoms with E-state index >= 15 is 0 Å². The van der Waals surface area contributed by atoms with E-state index in [1.165, 1.54) is 12.1 Å². The zero-order chi connectivity index (χ0) is 17.8. The fraction of sp³-hybridized carbons (Fsp3) is 0.200. The number of carbonyl (C=O) groups is 1. The van der Waals surface area contributed by atoms with Crippen molar-refractivity contribution in [3.8, 4) is 5.75 Å². The molecule has 0 saturated heterocycles. The number of esters is 1. The Balaban J connectivity index is 1.82. The number of carbonyl (C=O) groups excluding carboxylic acids is 1. The summed E-state index contributed by atoms with van der Waals surface area (Å²) in [5.41, 5.74) is 2.99. The average Bonchev–Trinajstić information content (AvgIpc) is 2.96. The molecular weight excluding hydrogens is 321 g/mol. The molecule has 0 unspecified atom stereocenters. The molecule has 3 rings (SSSR count). The number of cyclic esters (lactones) is 1. The number of methoxy groups -OCH3 is 1. The molecule has 0 spiro atoms. The van der Waals surface area contributed by atoms with Crippen LogP contribution in [0.4, 0.5) is 4.39 Å². The third kappa shape index (κ3) is 3.94. The fourth-order valence-electron chi connectivity index (χ4n) is 2.63. The molecule has 2 aromatic rings. The van der Waals surface area contributed by atoms with Crippen LogP contribution in [0, 0.1) is 5.82 Å². The second kappa shape index (κ2) is 7.30. The summed E-state index contributed by atoms with van der Waals surface area (Å²) in [5, 5.41) is 0. The zero-order valence-corrected chi connectivity index (χ0v) is 14.1. The number of benzene rings is 2. The number of hydrogen-bond acceptors (Lipinski definition) is 4. The largest absolute Gasteiger partial charge is 0.496 e. The van der Waals surface area contributed by atoms with Gasteiger partial charge in [0.05, 0.1) is 7.11 Å². The Morgan fingerprint density at radius 2 is 1.96 bits per heavy atom. The van der Waals surface area contributed by atoms with Crippen LogP contribution in [-0.2, 0) is 22.4 Å². The number of aliphatic imine (C=N–C) groups is 1. The predicted octanol–water partition coefficient (Wildman–Crippen LogP) is 3.94. The topological polar surface area (TPSA) is 47.9 Å². The van der Waals surface area contributed by atoms with Crippen molar-refractivity contribution in [2.24, 2.45) is 4.99 Å². The standard InChI is InChI=1S/C20H18FNO3/c1-3-15-10-14(6-9-18(15)24-2)11-17-20(23)25-19(22-17)12-13-4-7-16(21)8-5-13/h4-11H,3,12H2,1-2H3/b17-11+. The summed E-state index contributed by atoms with van der Waals surface area (Å²) in [4.78, 5) is 16.3. The lowest BCUT2D eigenvalue weighted by molar-refractivity contribution is -0.130. The maximum atomic E-state index is 12.9. The van der Waals surface area contributed by atoms with Crippen molar-refractivity contribution < 1.29 is 18.7 Å². The Kier molecular flexibility index (Phi) is 4.93. The molecular formula is C20H18FNO3. The van der Waals surface area contributed by atoms with Gasteiger partial charge in [0.25, 0.3) is 0 Å². The number of ether oxygens (including phenoxy) is 2. The Labute approximate surface area is 145 Å². The molecule has 128 valence electrons. The van der Waals surface area contributed by atoms with Crippen LogP contribution in [0.1, 0.15) is 23.6 Å². The maximum Gasteiger partial charge on any atom is 0.363 e. The van der Waals surface area contributed by atoms with Crippen LogP contribution in [0.15, 0.2) is 53.2 Å². The van der Waals surface area contributed by atoms with Crippen molar-refractivity contribution in [3.63, 3.8) is 0 Å². The van der Waals surface area contributed by atoms with Crippen molar-refractivity contribution in [2.45, 2.75) is 19.8 Å². The Morgan fingerprint density at radius 1 is 1.20 bits per heavy atom. The number of nitrogens with zero attached hydrogens (tertiary/aromatic N) is 1. The van der Waals surface area contributed by atoms with E-state index in [-0.39, 0.29) is 11.5 Å². The highest BCUT2D eigenvalue weighted by molar-refractivity contribution is 6.07. The highest BCUT2D eigenvalue weighted by Crippen LogP contribution is 2.23. The summed E-state index contributed by atoms with van der Waals surface area (Å²) in [7, 11) is 1.63. The van der Waals surface area contributed by atoms with Gasteiger partial charge in [-0.2, -0.15) is 0 Å². The van der Waals surface area contributed by atoms with Gasteiger partial charge in [0.1, 0.15) is 11.6 Å². The van der Waals surface area contributed by atoms with Crippen molar-refractivity contribution >= 4 is 17.9 Å². The van der Waals surface area contributed by atoms with Crippen molar-refractivity contribution in [3.05, 3.63) is 70.7 Å². The minimum Gasteiger partial charge on any atom is -0.496 e. The summed E-state index contributed by atoms with van der Waals surface area (Å²) in [6, 6.07) is 11.7. The minimum atomic E-state index is -0.481. The van der Waals surface area contributed by atoms with Gasteiger partial charge >= 0.3 is 5.97 Å². The molecule has 1 heterocycles. The van der Waals surface area contributed by atoms with Crippen molar-refractivity contribution in [1.82, 2.24) is 0 Å². The molecule has 0 aliphatic carbocycles. The molecule has 0 radical (unpaired) electrons. The van der Waals surface area contributed by atoms with E-state index in [0.717, 1.165) is 28.9 Å². The molecule has 25 heavy (non-hydrogen) atoms. The Morgan fingerprint density at radius 3 is 2.64 bits per heavy atom. The molecule has 0 bridgehead atoms. The first-order chi connectivity index (χ1) is 12.1. The second-order valence-electron chi connectivity index (χ2n) is 5.65. The van der Waals surface area contributed by atoms with E-state index in [4.69, 9.17) is 9.47 Å². The van der Waals surface area contributed by atoms with E-state index in [1.807, 2.05) is 25.1 Å². The molecule has 5 heteroatoms. The smallest absolute Gasteiger partial charge is 0.363 e. The van der Waals surface area contributed by atoms with Gasteiger partial charge in [0.15, 0.2) is 5.70 Å². The second-order valence-corrected chi connectivity index (χ2v) is 5.65. The van der Waals surface area contributed by atoms with E-state index in [2.05, 4.69) is 4.99 Å². The first-order valence-electron chi connectivity index (χ1n) is 8.02. The quantitative estimate of drug-likeness (QED) is 0.612. The third-order valence-electron chi connectivity index (χ3n) is 3.92. The summed E-state index contributed by atoms with van der Waals surface area (Å²) in [6.07, 6.45) is 2.86. The lowest BCUT2D eigenvalue weighted by atomic mass is 10.1. The van der Waals surface area contributed by atoms with E-state index in [1.54, 1.807) is 25.3 Å². The molecule has 0 amide bonds. The molecule has 1 aliphatic rings. The van der Waals surface area contributed by atoms with E-state index < -0.39 is 5.97 Å². The van der Waals surface area contributed by atoms with Crippen molar-refractivity contribution in [1.29, 1.82) is 0 Å². The molecule has 0 atom stereocenters. The SMILES string of the molecule is CCc1cc(/C=C2/N=C(Cc3ccc(F)cc3)OC2=O)ccc1OC. The zero-order valence-electron chi connectivity index (χ0n) is 14.1. The molecule has 0 N–H and O–H groups in total. The van der Waals surface area contributed by atoms with Gasteiger partial charge in [0, 0.05) is 6.42 Å². The van der Waals surface area contributed by atoms with Gasteiger partial charge < -0.3 is 9.47 Å². The average molecular weight is 339 g/mol. The molecule has 2 aromatic carbocycles. The lowest BCUT2D eigenvalue weighted by Crippen LogP contribution is -2.06. The minimum absolute atomic E-state index is 0.254. The van der Waals surface area contributed by atoms with E-state index in [9.17, 15) is 9.18 Å². The third-order valence-corrected chi connectivity index (χ3v) is 3.92.